The number of benzene rings is 1. The van der Waals surface area contributed by atoms with Crippen LogP contribution in [0.25, 0.3) is 11.0 Å². The highest BCUT2D eigenvalue weighted by atomic mass is 16.2. The number of carbonyl (C=O) groups excluding carboxylic acids is 3. The summed E-state index contributed by atoms with van der Waals surface area (Å²) in [5.74, 6) is -0.260. The Morgan fingerprint density at radius 1 is 1.13 bits per heavy atom. The third kappa shape index (κ3) is 2.28. The molecule has 7 heteroatoms. The van der Waals surface area contributed by atoms with Gasteiger partial charge in [-0.3, -0.25) is 19.3 Å². The van der Waals surface area contributed by atoms with E-state index in [1.54, 1.807) is 11.2 Å². The molecular weight excluding hydrogens is 296 g/mol. The first-order valence-electron chi connectivity index (χ1n) is 7.66. The van der Waals surface area contributed by atoms with E-state index >= 15 is 0 Å². The Kier molecular flexibility index (Phi) is 3.14. The number of para-hydroxylation sites is 2. The van der Waals surface area contributed by atoms with Crippen molar-refractivity contribution in [3.05, 3.63) is 30.6 Å². The molecule has 4 rings (SSSR count). The van der Waals surface area contributed by atoms with Crippen LogP contribution in [0.5, 0.6) is 0 Å². The molecular formula is C16H16N4O3. The van der Waals surface area contributed by atoms with Crippen LogP contribution >= 0.6 is 0 Å². The zero-order chi connectivity index (χ0) is 16.0. The first kappa shape index (κ1) is 13.9. The summed E-state index contributed by atoms with van der Waals surface area (Å²) in [7, 11) is 0. The van der Waals surface area contributed by atoms with Gasteiger partial charge in [0.25, 0.3) is 0 Å². The molecule has 0 unspecified atom stereocenters. The van der Waals surface area contributed by atoms with Gasteiger partial charge in [0, 0.05) is 25.9 Å². The normalized spacial score (nSPS) is 18.8. The van der Waals surface area contributed by atoms with E-state index in [4.69, 9.17) is 0 Å². The van der Waals surface area contributed by atoms with Crippen LogP contribution in [-0.2, 0) is 20.9 Å². The molecule has 23 heavy (non-hydrogen) atoms. The molecule has 1 aromatic carbocycles. The molecule has 0 bridgehead atoms. The van der Waals surface area contributed by atoms with E-state index in [0.717, 1.165) is 11.0 Å². The van der Waals surface area contributed by atoms with E-state index in [2.05, 4.69) is 4.98 Å². The van der Waals surface area contributed by atoms with Crippen LogP contribution in [-0.4, -0.2) is 56.2 Å². The van der Waals surface area contributed by atoms with E-state index in [0.29, 0.717) is 25.9 Å². The topological polar surface area (TPSA) is 75.5 Å². The number of likely N-dealkylation sites (tertiary alicyclic amines) is 2. The molecule has 118 valence electrons. The second-order valence-electron chi connectivity index (χ2n) is 5.97. The van der Waals surface area contributed by atoms with E-state index in [-0.39, 0.29) is 30.3 Å². The maximum atomic E-state index is 12.3. The summed E-state index contributed by atoms with van der Waals surface area (Å²) < 4.78 is 1.82. The number of aromatic nitrogens is 2. The molecule has 0 spiro atoms. The number of imidazole rings is 1. The maximum absolute atomic E-state index is 12.3. The Morgan fingerprint density at radius 3 is 2.57 bits per heavy atom. The van der Waals surface area contributed by atoms with E-state index in [1.807, 2.05) is 28.8 Å². The van der Waals surface area contributed by atoms with Crippen molar-refractivity contribution in [2.75, 3.05) is 13.1 Å². The van der Waals surface area contributed by atoms with Gasteiger partial charge in [-0.05, 0) is 12.1 Å². The van der Waals surface area contributed by atoms with Crippen molar-refractivity contribution in [3.8, 4) is 0 Å². The number of amides is 3. The predicted octanol–water partition coefficient (Wildman–Crippen LogP) is 0.396. The lowest BCUT2D eigenvalue weighted by molar-refractivity contribution is -0.151. The van der Waals surface area contributed by atoms with E-state index in [9.17, 15) is 14.4 Å². The summed E-state index contributed by atoms with van der Waals surface area (Å²) in [5, 5.41) is 0. The van der Waals surface area contributed by atoms with Crippen LogP contribution in [0.2, 0.25) is 0 Å². The Balaban J connectivity index is 1.40. The molecule has 0 radical (unpaired) electrons. The van der Waals surface area contributed by atoms with Gasteiger partial charge in [0.2, 0.25) is 17.7 Å². The molecule has 3 amide bonds. The Hall–Kier alpha value is -2.70. The SMILES string of the molecule is O=C(Cn1cnc2ccccc21)N1CC(N2C(=O)CCC2=O)C1. The molecule has 2 aliphatic rings. The second-order valence-corrected chi connectivity index (χ2v) is 5.97. The summed E-state index contributed by atoms with van der Waals surface area (Å²) in [5.41, 5.74) is 1.78. The molecule has 0 atom stereocenters. The average Bonchev–Trinajstić information content (AvgIpc) is 3.04. The van der Waals surface area contributed by atoms with Crippen molar-refractivity contribution in [2.45, 2.75) is 25.4 Å². The molecule has 0 aliphatic carbocycles. The number of fused-ring (bicyclic) bond motifs is 1. The monoisotopic (exact) mass is 312 g/mol. The van der Waals surface area contributed by atoms with Gasteiger partial charge in [0.15, 0.2) is 0 Å². The highest BCUT2D eigenvalue weighted by Crippen LogP contribution is 2.23. The molecule has 2 aromatic rings. The van der Waals surface area contributed by atoms with Gasteiger partial charge in [0.1, 0.15) is 6.54 Å². The van der Waals surface area contributed by atoms with Crippen molar-refractivity contribution < 1.29 is 14.4 Å². The van der Waals surface area contributed by atoms with Gasteiger partial charge < -0.3 is 9.47 Å². The van der Waals surface area contributed by atoms with Gasteiger partial charge in [0.05, 0.1) is 23.4 Å². The van der Waals surface area contributed by atoms with Crippen LogP contribution in [0.3, 0.4) is 0 Å². The van der Waals surface area contributed by atoms with Crippen molar-refractivity contribution >= 4 is 28.8 Å². The molecule has 7 nitrogen and oxygen atoms in total. The molecule has 1 aromatic heterocycles. The van der Waals surface area contributed by atoms with Gasteiger partial charge in [-0.1, -0.05) is 12.1 Å². The largest absolute Gasteiger partial charge is 0.337 e. The summed E-state index contributed by atoms with van der Waals surface area (Å²) in [6, 6.07) is 7.50. The van der Waals surface area contributed by atoms with Crippen molar-refractivity contribution in [2.24, 2.45) is 0 Å². The average molecular weight is 312 g/mol. The predicted molar refractivity (Wildman–Crippen MR) is 81.2 cm³/mol. The minimum absolute atomic E-state index is 0.0245. The molecule has 0 saturated carbocycles. The third-order valence-corrected chi connectivity index (χ3v) is 4.50. The number of hydrogen-bond acceptors (Lipinski definition) is 4. The van der Waals surface area contributed by atoms with Crippen LogP contribution < -0.4 is 0 Å². The number of imide groups is 1. The summed E-state index contributed by atoms with van der Waals surface area (Å²) in [6.45, 7) is 1.08. The highest BCUT2D eigenvalue weighted by Gasteiger charge is 2.42. The summed E-state index contributed by atoms with van der Waals surface area (Å²) in [6.07, 6.45) is 2.25. The van der Waals surface area contributed by atoms with Crippen molar-refractivity contribution in [3.63, 3.8) is 0 Å². The van der Waals surface area contributed by atoms with Gasteiger partial charge in [-0.2, -0.15) is 0 Å². The first-order chi connectivity index (χ1) is 11.1. The van der Waals surface area contributed by atoms with Crippen LogP contribution in [0.4, 0.5) is 0 Å². The number of nitrogens with zero attached hydrogens (tertiary/aromatic N) is 4. The smallest absolute Gasteiger partial charge is 0.242 e. The number of hydrogen-bond donors (Lipinski definition) is 0. The molecule has 3 heterocycles. The minimum atomic E-state index is -0.152. The summed E-state index contributed by atoms with van der Waals surface area (Å²) >= 11 is 0. The number of carbonyl (C=O) groups is 3. The van der Waals surface area contributed by atoms with Crippen LogP contribution in [0, 0.1) is 0 Å². The first-order valence-corrected chi connectivity index (χ1v) is 7.66. The van der Waals surface area contributed by atoms with Crippen molar-refractivity contribution in [1.82, 2.24) is 19.4 Å². The van der Waals surface area contributed by atoms with Gasteiger partial charge in [-0.25, -0.2) is 4.98 Å². The van der Waals surface area contributed by atoms with E-state index in [1.165, 1.54) is 4.90 Å². The molecule has 0 N–H and O–H groups in total. The zero-order valence-electron chi connectivity index (χ0n) is 12.5. The zero-order valence-corrected chi connectivity index (χ0v) is 12.5. The Labute approximate surface area is 132 Å². The molecule has 2 fully saturated rings. The lowest BCUT2D eigenvalue weighted by atomic mass is 10.1. The molecule has 2 aliphatic heterocycles. The highest BCUT2D eigenvalue weighted by molar-refractivity contribution is 6.02. The lowest BCUT2D eigenvalue weighted by Gasteiger charge is -2.43. The molecule has 2 saturated heterocycles. The quantitative estimate of drug-likeness (QED) is 0.769. The van der Waals surface area contributed by atoms with Crippen molar-refractivity contribution in [1.29, 1.82) is 0 Å². The van der Waals surface area contributed by atoms with Gasteiger partial charge in [-0.15, -0.1) is 0 Å². The van der Waals surface area contributed by atoms with Gasteiger partial charge >= 0.3 is 0 Å². The fraction of sp³-hybridized carbons (Fsp3) is 0.375. The van der Waals surface area contributed by atoms with E-state index < -0.39 is 0 Å². The fourth-order valence-electron chi connectivity index (χ4n) is 3.21. The third-order valence-electron chi connectivity index (χ3n) is 4.50. The maximum Gasteiger partial charge on any atom is 0.242 e. The minimum Gasteiger partial charge on any atom is -0.337 e. The number of rotatable bonds is 3. The van der Waals surface area contributed by atoms with Crippen LogP contribution in [0.15, 0.2) is 30.6 Å². The second kappa shape index (κ2) is 5.19. The standard InChI is InChI=1S/C16H16N4O3/c21-14-5-6-15(22)20(14)11-7-18(8-11)16(23)9-19-10-17-12-3-1-2-4-13(12)19/h1-4,10-11H,5-9H2. The van der Waals surface area contributed by atoms with Crippen LogP contribution in [0.1, 0.15) is 12.8 Å². The Bertz CT molecular complexity index is 791. The summed E-state index contributed by atoms with van der Waals surface area (Å²) in [4.78, 5) is 43.0. The fourth-order valence-corrected chi connectivity index (χ4v) is 3.21. The Morgan fingerprint density at radius 2 is 1.83 bits per heavy atom. The lowest BCUT2D eigenvalue weighted by Crippen LogP contribution is -2.62.